The molecule has 4 rings (SSSR count). The van der Waals surface area contributed by atoms with E-state index in [9.17, 15) is 4.79 Å². The van der Waals surface area contributed by atoms with Gasteiger partial charge in [0, 0.05) is 44.8 Å². The standard InChI is InChI=1S/C19H22ClN7O/c1-25-18-15(11-24-25)19(23-13-22-18)27-8-6-26(7-9-27)12-17(28)21-10-14-4-2-3-5-16(14)20/h2-5,11,13H,6-10,12H2,1H3,(H,21,28). The van der Waals surface area contributed by atoms with Crippen molar-refractivity contribution < 1.29 is 4.79 Å². The van der Waals surface area contributed by atoms with Gasteiger partial charge < -0.3 is 10.2 Å². The molecule has 0 spiro atoms. The van der Waals surface area contributed by atoms with E-state index in [1.54, 1.807) is 17.2 Å². The van der Waals surface area contributed by atoms with Gasteiger partial charge >= 0.3 is 0 Å². The number of aromatic nitrogens is 4. The van der Waals surface area contributed by atoms with Crippen molar-refractivity contribution in [1.82, 2.24) is 30.0 Å². The number of carbonyl (C=O) groups excluding carboxylic acids is 1. The molecule has 9 heteroatoms. The normalized spacial score (nSPS) is 15.1. The second-order valence-corrected chi connectivity index (χ2v) is 7.24. The summed E-state index contributed by atoms with van der Waals surface area (Å²) in [7, 11) is 1.87. The summed E-state index contributed by atoms with van der Waals surface area (Å²) in [6, 6.07) is 7.54. The number of halogens is 1. The maximum absolute atomic E-state index is 12.3. The summed E-state index contributed by atoms with van der Waals surface area (Å²) in [6.45, 7) is 4.02. The number of carbonyl (C=O) groups is 1. The molecule has 1 amide bonds. The van der Waals surface area contributed by atoms with Gasteiger partial charge in [-0.2, -0.15) is 5.10 Å². The number of amides is 1. The summed E-state index contributed by atoms with van der Waals surface area (Å²) >= 11 is 6.13. The highest BCUT2D eigenvalue weighted by Gasteiger charge is 2.22. The van der Waals surface area contributed by atoms with Crippen LogP contribution in [0.25, 0.3) is 11.0 Å². The number of benzene rings is 1. The first-order valence-electron chi connectivity index (χ1n) is 9.22. The summed E-state index contributed by atoms with van der Waals surface area (Å²) in [5.41, 5.74) is 1.75. The number of anilines is 1. The SMILES string of the molecule is Cn1ncc2c(N3CCN(CC(=O)NCc4ccccc4Cl)CC3)ncnc21. The summed E-state index contributed by atoms with van der Waals surface area (Å²) in [4.78, 5) is 25.4. The first-order valence-corrected chi connectivity index (χ1v) is 9.60. The van der Waals surface area contributed by atoms with Crippen molar-refractivity contribution in [3.63, 3.8) is 0 Å². The van der Waals surface area contributed by atoms with Crippen molar-refractivity contribution in [2.24, 2.45) is 7.05 Å². The summed E-state index contributed by atoms with van der Waals surface area (Å²) in [5, 5.41) is 8.84. The maximum atomic E-state index is 12.3. The van der Waals surface area contributed by atoms with E-state index >= 15 is 0 Å². The molecule has 1 aromatic carbocycles. The van der Waals surface area contributed by atoms with Crippen LogP contribution < -0.4 is 10.2 Å². The minimum absolute atomic E-state index is 0.00468. The van der Waals surface area contributed by atoms with Gasteiger partial charge in [-0.15, -0.1) is 0 Å². The number of hydrogen-bond acceptors (Lipinski definition) is 6. The Morgan fingerprint density at radius 3 is 2.75 bits per heavy atom. The average Bonchev–Trinajstić information content (AvgIpc) is 3.09. The second-order valence-electron chi connectivity index (χ2n) is 6.83. The number of hydrogen-bond donors (Lipinski definition) is 1. The van der Waals surface area contributed by atoms with Crippen LogP contribution in [0.4, 0.5) is 5.82 Å². The van der Waals surface area contributed by atoms with Crippen LogP contribution in [0, 0.1) is 0 Å². The quantitative estimate of drug-likeness (QED) is 0.699. The van der Waals surface area contributed by atoms with Crippen molar-refractivity contribution in [1.29, 1.82) is 0 Å². The molecule has 28 heavy (non-hydrogen) atoms. The summed E-state index contributed by atoms with van der Waals surface area (Å²) in [5.74, 6) is 0.908. The summed E-state index contributed by atoms with van der Waals surface area (Å²) < 4.78 is 1.75. The van der Waals surface area contributed by atoms with Crippen LogP contribution in [0.2, 0.25) is 5.02 Å². The fourth-order valence-corrected chi connectivity index (χ4v) is 3.62. The van der Waals surface area contributed by atoms with E-state index < -0.39 is 0 Å². The van der Waals surface area contributed by atoms with Crippen molar-refractivity contribution in [2.75, 3.05) is 37.6 Å². The Morgan fingerprint density at radius 2 is 1.96 bits per heavy atom. The molecule has 146 valence electrons. The minimum Gasteiger partial charge on any atom is -0.353 e. The first kappa shape index (κ1) is 18.6. The van der Waals surface area contributed by atoms with Crippen molar-refractivity contribution in [3.8, 4) is 0 Å². The molecule has 1 aliphatic heterocycles. The largest absolute Gasteiger partial charge is 0.353 e. The Morgan fingerprint density at radius 1 is 1.18 bits per heavy atom. The van der Waals surface area contributed by atoms with E-state index in [4.69, 9.17) is 11.6 Å². The lowest BCUT2D eigenvalue weighted by Gasteiger charge is -2.35. The number of rotatable bonds is 5. The van der Waals surface area contributed by atoms with Gasteiger partial charge in [-0.3, -0.25) is 14.4 Å². The van der Waals surface area contributed by atoms with Gasteiger partial charge in [0.05, 0.1) is 18.1 Å². The highest BCUT2D eigenvalue weighted by molar-refractivity contribution is 6.31. The van der Waals surface area contributed by atoms with Crippen LogP contribution in [-0.4, -0.2) is 63.3 Å². The fraction of sp³-hybridized carbons (Fsp3) is 0.368. The molecule has 0 atom stereocenters. The van der Waals surface area contributed by atoms with Crippen molar-refractivity contribution in [3.05, 3.63) is 47.4 Å². The molecule has 3 heterocycles. The van der Waals surface area contributed by atoms with Crippen LogP contribution >= 0.6 is 11.6 Å². The molecule has 3 aromatic rings. The number of nitrogens with zero attached hydrogens (tertiary/aromatic N) is 6. The highest BCUT2D eigenvalue weighted by Crippen LogP contribution is 2.23. The third-order valence-electron chi connectivity index (χ3n) is 4.98. The number of fused-ring (bicyclic) bond motifs is 1. The van der Waals surface area contributed by atoms with Crippen LogP contribution in [0.1, 0.15) is 5.56 Å². The van der Waals surface area contributed by atoms with Gasteiger partial charge in [-0.1, -0.05) is 29.8 Å². The zero-order chi connectivity index (χ0) is 19.5. The molecule has 8 nitrogen and oxygen atoms in total. The number of aryl methyl sites for hydroxylation is 1. The van der Waals surface area contributed by atoms with Gasteiger partial charge in [0.15, 0.2) is 5.65 Å². The van der Waals surface area contributed by atoms with E-state index in [0.29, 0.717) is 18.1 Å². The molecule has 2 aromatic heterocycles. The van der Waals surface area contributed by atoms with Crippen molar-refractivity contribution >= 4 is 34.4 Å². The fourth-order valence-electron chi connectivity index (χ4n) is 3.41. The maximum Gasteiger partial charge on any atom is 0.234 e. The molecular weight excluding hydrogens is 378 g/mol. The molecule has 0 aliphatic carbocycles. The molecule has 1 aliphatic rings. The van der Waals surface area contributed by atoms with Crippen LogP contribution in [-0.2, 0) is 18.4 Å². The lowest BCUT2D eigenvalue weighted by Crippen LogP contribution is -2.49. The van der Waals surface area contributed by atoms with Crippen LogP contribution in [0.5, 0.6) is 0 Å². The van der Waals surface area contributed by atoms with E-state index in [0.717, 1.165) is 48.6 Å². The topological polar surface area (TPSA) is 79.2 Å². The summed E-state index contributed by atoms with van der Waals surface area (Å²) in [6.07, 6.45) is 3.38. The average molecular weight is 400 g/mol. The Bertz CT molecular complexity index is 981. The molecule has 0 saturated carbocycles. The smallest absolute Gasteiger partial charge is 0.234 e. The van der Waals surface area contributed by atoms with E-state index in [-0.39, 0.29) is 5.91 Å². The molecule has 1 saturated heterocycles. The monoisotopic (exact) mass is 399 g/mol. The third-order valence-corrected chi connectivity index (χ3v) is 5.35. The Kier molecular flexibility index (Phi) is 5.40. The molecule has 0 unspecified atom stereocenters. The highest BCUT2D eigenvalue weighted by atomic mass is 35.5. The first-order chi connectivity index (χ1) is 13.6. The second kappa shape index (κ2) is 8.12. The van der Waals surface area contributed by atoms with Gasteiger partial charge in [-0.25, -0.2) is 9.97 Å². The van der Waals surface area contributed by atoms with Crippen LogP contribution in [0.3, 0.4) is 0 Å². The van der Waals surface area contributed by atoms with Crippen molar-refractivity contribution in [2.45, 2.75) is 6.54 Å². The third kappa shape index (κ3) is 3.93. The number of piperazine rings is 1. The van der Waals surface area contributed by atoms with Gasteiger partial charge in [-0.05, 0) is 11.6 Å². The molecule has 1 N–H and O–H groups in total. The van der Waals surface area contributed by atoms with E-state index in [1.165, 1.54) is 0 Å². The predicted molar refractivity (Wildman–Crippen MR) is 108 cm³/mol. The number of nitrogens with one attached hydrogen (secondary N) is 1. The van der Waals surface area contributed by atoms with E-state index in [1.807, 2.05) is 31.3 Å². The van der Waals surface area contributed by atoms with E-state index in [2.05, 4.69) is 30.2 Å². The predicted octanol–water partition coefficient (Wildman–Crippen LogP) is 1.46. The molecule has 1 fully saturated rings. The lowest BCUT2D eigenvalue weighted by molar-refractivity contribution is -0.122. The Labute approximate surface area is 168 Å². The Balaban J connectivity index is 1.30. The molecule has 0 radical (unpaired) electrons. The molecular formula is C19H22ClN7O. The van der Waals surface area contributed by atoms with Gasteiger partial charge in [0.2, 0.25) is 5.91 Å². The van der Waals surface area contributed by atoms with Crippen LogP contribution in [0.15, 0.2) is 36.8 Å². The Hall–Kier alpha value is -2.71. The lowest BCUT2D eigenvalue weighted by atomic mass is 10.2. The zero-order valence-corrected chi connectivity index (χ0v) is 16.4. The minimum atomic E-state index is 0.00468. The zero-order valence-electron chi connectivity index (χ0n) is 15.7. The van der Waals surface area contributed by atoms with Gasteiger partial charge in [0.25, 0.3) is 0 Å². The molecule has 0 bridgehead atoms. The van der Waals surface area contributed by atoms with Gasteiger partial charge in [0.1, 0.15) is 12.1 Å².